The molecule has 1 aromatic carbocycles. The number of carbonyl (C=O) groups is 1. The molecule has 162 valence electrons. The van der Waals surface area contributed by atoms with Crippen molar-refractivity contribution in [1.29, 1.82) is 0 Å². The number of benzene rings is 1. The zero-order valence-corrected chi connectivity index (χ0v) is 19.8. The summed E-state index contributed by atoms with van der Waals surface area (Å²) in [6.45, 7) is 9.87. The van der Waals surface area contributed by atoms with Gasteiger partial charge in [-0.15, -0.1) is 0 Å². The van der Waals surface area contributed by atoms with Gasteiger partial charge in [0, 0.05) is 17.4 Å². The third-order valence-corrected chi connectivity index (χ3v) is 10.5. The van der Waals surface area contributed by atoms with E-state index in [-0.39, 0.29) is 5.92 Å². The highest BCUT2D eigenvalue weighted by atomic mass is 35.5. The van der Waals surface area contributed by atoms with Crippen molar-refractivity contribution in [3.8, 4) is 0 Å². The van der Waals surface area contributed by atoms with Crippen molar-refractivity contribution in [2.75, 3.05) is 0 Å². The molecule has 1 nitrogen and oxygen atoms in total. The predicted molar refractivity (Wildman–Crippen MR) is 125 cm³/mol. The van der Waals surface area contributed by atoms with E-state index in [4.69, 9.17) is 11.6 Å². The highest BCUT2D eigenvalue weighted by molar-refractivity contribution is 6.30. The molecule has 0 aliphatic heterocycles. The van der Waals surface area contributed by atoms with Crippen molar-refractivity contribution in [3.63, 3.8) is 0 Å². The summed E-state index contributed by atoms with van der Waals surface area (Å²) in [5.74, 6) is 4.56. The number of Topliss-reactive ketones (excluding diaryl/α,β-unsaturated/α-hetero) is 1. The van der Waals surface area contributed by atoms with E-state index < -0.39 is 0 Å². The normalized spacial score (nSPS) is 47.0. The Morgan fingerprint density at radius 3 is 2.50 bits per heavy atom. The first-order valence-corrected chi connectivity index (χ1v) is 12.6. The molecule has 5 rings (SSSR count). The second kappa shape index (κ2) is 7.22. The summed E-state index contributed by atoms with van der Waals surface area (Å²) in [5.41, 5.74) is 3.75. The van der Waals surface area contributed by atoms with Crippen LogP contribution in [0.1, 0.15) is 78.2 Å². The van der Waals surface area contributed by atoms with Gasteiger partial charge in [0.2, 0.25) is 0 Å². The Balaban J connectivity index is 1.45. The fraction of sp³-hybridized carbons (Fsp3) is 0.679. The van der Waals surface area contributed by atoms with Crippen LogP contribution >= 0.6 is 11.6 Å². The molecule has 2 heteroatoms. The Hall–Kier alpha value is -1.08. The van der Waals surface area contributed by atoms with E-state index in [0.717, 1.165) is 41.5 Å². The van der Waals surface area contributed by atoms with Crippen LogP contribution in [0, 0.1) is 46.3 Å². The van der Waals surface area contributed by atoms with Gasteiger partial charge >= 0.3 is 0 Å². The first-order valence-electron chi connectivity index (χ1n) is 12.2. The Labute approximate surface area is 187 Å². The number of ketones is 1. The second-order valence-corrected chi connectivity index (χ2v) is 12.2. The van der Waals surface area contributed by atoms with E-state index >= 15 is 0 Å². The molecular formula is C28H37ClO. The molecule has 0 saturated heterocycles. The van der Waals surface area contributed by atoms with Crippen LogP contribution < -0.4 is 0 Å². The van der Waals surface area contributed by atoms with E-state index in [0.29, 0.717) is 22.5 Å². The van der Waals surface area contributed by atoms with Crippen molar-refractivity contribution in [3.05, 3.63) is 40.4 Å². The second-order valence-electron chi connectivity index (χ2n) is 11.8. The first-order chi connectivity index (χ1) is 14.2. The van der Waals surface area contributed by atoms with Gasteiger partial charge in [-0.2, -0.15) is 0 Å². The molecule has 30 heavy (non-hydrogen) atoms. The fourth-order valence-corrected chi connectivity index (χ4v) is 8.77. The minimum absolute atomic E-state index is 0.268. The molecule has 0 amide bonds. The molecular weight excluding hydrogens is 388 g/mol. The number of hydrogen-bond acceptors (Lipinski definition) is 1. The molecule has 0 aromatic heterocycles. The zero-order chi connectivity index (χ0) is 21.3. The van der Waals surface area contributed by atoms with Crippen molar-refractivity contribution < 1.29 is 4.79 Å². The average Bonchev–Trinajstić information content (AvgIpc) is 3.04. The van der Waals surface area contributed by atoms with Gasteiger partial charge in [-0.1, -0.05) is 63.1 Å². The molecule has 1 unspecified atom stereocenters. The van der Waals surface area contributed by atoms with Gasteiger partial charge in [-0.05, 0) is 96.6 Å². The fourth-order valence-electron chi connectivity index (χ4n) is 8.64. The molecule has 4 fully saturated rings. The lowest BCUT2D eigenvalue weighted by molar-refractivity contribution is -0.157. The van der Waals surface area contributed by atoms with E-state index in [1.54, 1.807) is 5.57 Å². The Bertz CT molecular complexity index is 869. The summed E-state index contributed by atoms with van der Waals surface area (Å²) in [7, 11) is 0. The van der Waals surface area contributed by atoms with Gasteiger partial charge in [0.05, 0.1) is 0 Å². The molecule has 4 aliphatic carbocycles. The number of carbonyl (C=O) groups excluding carboxylic acids is 1. The highest BCUT2D eigenvalue weighted by Gasteiger charge is 2.61. The molecule has 4 saturated carbocycles. The lowest BCUT2D eigenvalue weighted by Gasteiger charge is -2.62. The third-order valence-electron chi connectivity index (χ3n) is 10.2. The highest BCUT2D eigenvalue weighted by Crippen LogP contribution is 2.68. The van der Waals surface area contributed by atoms with E-state index in [1.807, 2.05) is 12.1 Å². The van der Waals surface area contributed by atoms with Gasteiger partial charge in [0.15, 0.2) is 0 Å². The quantitative estimate of drug-likeness (QED) is 0.448. The van der Waals surface area contributed by atoms with Gasteiger partial charge in [0.1, 0.15) is 5.78 Å². The minimum atomic E-state index is 0.268. The summed E-state index contributed by atoms with van der Waals surface area (Å²) in [6, 6.07) is 8.31. The summed E-state index contributed by atoms with van der Waals surface area (Å²) >= 11 is 6.09. The number of allylic oxidation sites excluding steroid dienone is 1. The van der Waals surface area contributed by atoms with Gasteiger partial charge in [0.25, 0.3) is 0 Å². The number of fused-ring (bicyclic) bond motifs is 5. The first kappa shape index (κ1) is 20.8. The van der Waals surface area contributed by atoms with E-state index in [1.165, 1.54) is 37.7 Å². The molecule has 0 heterocycles. The van der Waals surface area contributed by atoms with Crippen molar-refractivity contribution in [2.24, 2.45) is 46.3 Å². The molecule has 0 bridgehead atoms. The van der Waals surface area contributed by atoms with E-state index in [9.17, 15) is 4.79 Å². The van der Waals surface area contributed by atoms with Crippen molar-refractivity contribution >= 4 is 23.5 Å². The maximum absolute atomic E-state index is 12.5. The lowest BCUT2D eigenvalue weighted by atomic mass is 9.42. The van der Waals surface area contributed by atoms with E-state index in [2.05, 4.69) is 45.9 Å². The molecule has 0 spiro atoms. The standard InChI is InChI=1S/C28H37ClO/c1-17-13-23-18(2)25(30)10-12-28(23,4)22-9-11-27(3)16-20(15-24(27)26(17)22)14-19-5-7-21(29)8-6-19/h5-8,14,17-18,22-24,26H,9-13,15-16H2,1-4H3/t17-,18?,22-,23-,24-,26+,27+,28+/m0/s1. The van der Waals surface area contributed by atoms with Gasteiger partial charge < -0.3 is 0 Å². The molecule has 0 radical (unpaired) electrons. The van der Waals surface area contributed by atoms with Crippen LogP contribution in [-0.4, -0.2) is 5.78 Å². The van der Waals surface area contributed by atoms with Crippen LogP contribution in [0.5, 0.6) is 0 Å². The number of halogens is 1. The Kier molecular flexibility index (Phi) is 5.01. The zero-order valence-electron chi connectivity index (χ0n) is 19.1. The summed E-state index contributed by atoms with van der Waals surface area (Å²) in [6.07, 6.45) is 10.9. The maximum atomic E-state index is 12.5. The summed E-state index contributed by atoms with van der Waals surface area (Å²) < 4.78 is 0. The molecule has 1 aromatic rings. The van der Waals surface area contributed by atoms with Gasteiger partial charge in [-0.25, -0.2) is 0 Å². The van der Waals surface area contributed by atoms with Gasteiger partial charge in [-0.3, -0.25) is 4.79 Å². The topological polar surface area (TPSA) is 17.1 Å². The largest absolute Gasteiger partial charge is 0.299 e. The Morgan fingerprint density at radius 1 is 1.03 bits per heavy atom. The van der Waals surface area contributed by atoms with Crippen molar-refractivity contribution in [1.82, 2.24) is 0 Å². The van der Waals surface area contributed by atoms with Crippen LogP contribution in [0.25, 0.3) is 6.08 Å². The lowest BCUT2D eigenvalue weighted by Crippen LogP contribution is -2.57. The average molecular weight is 425 g/mol. The monoisotopic (exact) mass is 424 g/mol. The smallest absolute Gasteiger partial charge is 0.136 e. The van der Waals surface area contributed by atoms with Crippen LogP contribution in [0.2, 0.25) is 5.02 Å². The summed E-state index contributed by atoms with van der Waals surface area (Å²) in [5, 5.41) is 0.811. The molecule has 8 atom stereocenters. The third kappa shape index (κ3) is 3.14. The van der Waals surface area contributed by atoms with Crippen LogP contribution in [0.4, 0.5) is 0 Å². The minimum Gasteiger partial charge on any atom is -0.299 e. The SMILES string of the molecule is CC1C(=O)CC[C@@]2(C)[C@H]1C[C@H](C)[C@H]1[C@@H]3CC(=Cc4ccc(Cl)cc4)C[C@@]3(C)CC[C@@H]12. The number of hydrogen-bond donors (Lipinski definition) is 0. The summed E-state index contributed by atoms with van der Waals surface area (Å²) in [4.78, 5) is 12.5. The predicted octanol–water partition coefficient (Wildman–Crippen LogP) is 7.83. The maximum Gasteiger partial charge on any atom is 0.136 e. The number of rotatable bonds is 1. The van der Waals surface area contributed by atoms with Crippen molar-refractivity contribution in [2.45, 2.75) is 72.6 Å². The van der Waals surface area contributed by atoms with Crippen LogP contribution in [0.15, 0.2) is 29.8 Å². The van der Waals surface area contributed by atoms with Crippen LogP contribution in [-0.2, 0) is 4.79 Å². The van der Waals surface area contributed by atoms with Crippen LogP contribution in [0.3, 0.4) is 0 Å². The molecule has 0 N–H and O–H groups in total. The Morgan fingerprint density at radius 2 is 1.77 bits per heavy atom. The molecule has 4 aliphatic rings.